The summed E-state index contributed by atoms with van der Waals surface area (Å²) in [7, 11) is 0. The molecule has 4 nitrogen and oxygen atoms in total. The maximum Gasteiger partial charge on any atom is 0.410 e. The number of hydrogen-bond acceptors (Lipinski definition) is 3. The molecule has 22 heavy (non-hydrogen) atoms. The van der Waals surface area contributed by atoms with Crippen LogP contribution in [0.15, 0.2) is 12.1 Å². The van der Waals surface area contributed by atoms with E-state index in [9.17, 15) is 4.79 Å². The van der Waals surface area contributed by atoms with Gasteiger partial charge in [-0.2, -0.15) is 0 Å². The molecule has 2 saturated heterocycles. The van der Waals surface area contributed by atoms with Gasteiger partial charge in [0.2, 0.25) is 0 Å². The first-order valence-electron chi connectivity index (χ1n) is 7.90. The first-order chi connectivity index (χ1) is 10.3. The molecule has 3 atom stereocenters. The lowest BCUT2D eigenvalue weighted by atomic mass is 9.83. The molecule has 1 amide bonds. The first-order valence-corrected chi connectivity index (χ1v) is 8.28. The van der Waals surface area contributed by atoms with Gasteiger partial charge in [-0.3, -0.25) is 0 Å². The Balaban J connectivity index is 1.82. The predicted molar refractivity (Wildman–Crippen MR) is 86.2 cm³/mol. The van der Waals surface area contributed by atoms with Crippen LogP contribution in [0.25, 0.3) is 0 Å². The lowest BCUT2D eigenvalue weighted by molar-refractivity contribution is 0.0213. The summed E-state index contributed by atoms with van der Waals surface area (Å²) in [6.07, 6.45) is 2.92. The summed E-state index contributed by atoms with van der Waals surface area (Å²) < 4.78 is 5.59. The van der Waals surface area contributed by atoms with Gasteiger partial charge in [0.05, 0.1) is 0 Å². The molecular weight excluding hydrogens is 300 g/mol. The van der Waals surface area contributed by atoms with E-state index in [1.54, 1.807) is 0 Å². The van der Waals surface area contributed by atoms with Crippen molar-refractivity contribution in [1.29, 1.82) is 0 Å². The van der Waals surface area contributed by atoms with Crippen molar-refractivity contribution in [2.24, 2.45) is 0 Å². The van der Waals surface area contributed by atoms with Crippen LogP contribution in [0.2, 0.25) is 5.15 Å². The van der Waals surface area contributed by atoms with Gasteiger partial charge in [-0.15, -0.1) is 0 Å². The number of fused-ring (bicyclic) bond motifs is 2. The largest absolute Gasteiger partial charge is 0.444 e. The molecule has 0 aromatic carbocycles. The van der Waals surface area contributed by atoms with Crippen LogP contribution < -0.4 is 0 Å². The summed E-state index contributed by atoms with van der Waals surface area (Å²) in [5.74, 6) is 0.344. The van der Waals surface area contributed by atoms with Crippen molar-refractivity contribution in [3.8, 4) is 0 Å². The lowest BCUT2D eigenvalue weighted by Gasteiger charge is -2.28. The van der Waals surface area contributed by atoms with Crippen LogP contribution in [-0.2, 0) is 4.74 Å². The average molecular weight is 323 g/mol. The van der Waals surface area contributed by atoms with Gasteiger partial charge in [0.1, 0.15) is 10.8 Å². The second kappa shape index (κ2) is 5.41. The third-order valence-electron chi connectivity index (χ3n) is 4.63. The summed E-state index contributed by atoms with van der Waals surface area (Å²) >= 11 is 5.96. The van der Waals surface area contributed by atoms with E-state index in [1.165, 1.54) is 5.56 Å². The molecule has 2 aliphatic rings. The molecule has 3 heterocycles. The summed E-state index contributed by atoms with van der Waals surface area (Å²) in [4.78, 5) is 18.8. The van der Waals surface area contributed by atoms with E-state index in [2.05, 4.69) is 11.1 Å². The quantitative estimate of drug-likeness (QED) is 0.724. The number of carbonyl (C=O) groups excluding carboxylic acids is 1. The minimum absolute atomic E-state index is 0.179. The SMILES string of the molecule is Cc1nc(Cl)ccc1[C@H]1CC2CCC1N2C(=O)OC(C)(C)C. The highest BCUT2D eigenvalue weighted by molar-refractivity contribution is 6.29. The van der Waals surface area contributed by atoms with Gasteiger partial charge in [0.15, 0.2) is 0 Å². The molecule has 0 aliphatic carbocycles. The molecule has 0 radical (unpaired) electrons. The number of amides is 1. The monoisotopic (exact) mass is 322 g/mol. The Morgan fingerprint density at radius 2 is 2.09 bits per heavy atom. The molecule has 2 aliphatic heterocycles. The molecule has 120 valence electrons. The molecular formula is C17H23ClN2O2. The Kier molecular flexibility index (Phi) is 3.84. The van der Waals surface area contributed by atoms with Crippen molar-refractivity contribution in [2.45, 2.75) is 70.6 Å². The van der Waals surface area contributed by atoms with Gasteiger partial charge in [0.25, 0.3) is 0 Å². The molecule has 2 bridgehead atoms. The Bertz CT molecular complexity index is 597. The first kappa shape index (κ1) is 15.6. The van der Waals surface area contributed by atoms with Crippen LogP contribution in [0.1, 0.15) is 57.2 Å². The van der Waals surface area contributed by atoms with Crippen LogP contribution in [0, 0.1) is 6.92 Å². The standard InChI is InChI=1S/C17H23ClN2O2/c1-10-12(6-8-15(18)19-10)13-9-11-5-7-14(13)20(11)16(21)22-17(2,3)4/h6,8,11,13-14H,5,7,9H2,1-4H3/t11?,13-,14?/m1/s1. The van der Waals surface area contributed by atoms with Crippen molar-refractivity contribution >= 4 is 17.7 Å². The third kappa shape index (κ3) is 2.81. The number of carbonyl (C=O) groups is 1. The Hall–Kier alpha value is -1.29. The number of pyridine rings is 1. The summed E-state index contributed by atoms with van der Waals surface area (Å²) in [6, 6.07) is 4.42. The van der Waals surface area contributed by atoms with Gasteiger partial charge in [0, 0.05) is 23.7 Å². The summed E-state index contributed by atoms with van der Waals surface area (Å²) in [5, 5.41) is 0.522. The van der Waals surface area contributed by atoms with E-state index in [0.717, 1.165) is 25.0 Å². The Morgan fingerprint density at radius 3 is 2.73 bits per heavy atom. The van der Waals surface area contributed by atoms with Crippen LogP contribution in [0.5, 0.6) is 0 Å². The molecule has 1 aromatic rings. The van der Waals surface area contributed by atoms with Crippen LogP contribution in [-0.4, -0.2) is 33.7 Å². The maximum atomic E-state index is 12.5. The minimum atomic E-state index is -0.452. The molecule has 2 unspecified atom stereocenters. The fourth-order valence-corrected chi connectivity index (χ4v) is 4.04. The molecule has 3 rings (SSSR count). The zero-order chi connectivity index (χ0) is 16.1. The van der Waals surface area contributed by atoms with Crippen molar-refractivity contribution in [3.63, 3.8) is 0 Å². The smallest absolute Gasteiger partial charge is 0.410 e. The number of hydrogen-bond donors (Lipinski definition) is 0. The van der Waals surface area contributed by atoms with Crippen molar-refractivity contribution < 1.29 is 9.53 Å². The average Bonchev–Trinajstić information content (AvgIpc) is 2.93. The molecule has 0 spiro atoms. The normalized spacial score (nSPS) is 27.3. The van der Waals surface area contributed by atoms with E-state index in [4.69, 9.17) is 16.3 Å². The molecule has 2 fully saturated rings. The summed E-state index contributed by atoms with van der Waals surface area (Å²) in [6.45, 7) is 7.72. The van der Waals surface area contributed by atoms with Gasteiger partial charge in [-0.1, -0.05) is 17.7 Å². The topological polar surface area (TPSA) is 42.4 Å². The van der Waals surface area contributed by atoms with Crippen molar-refractivity contribution in [1.82, 2.24) is 9.88 Å². The molecule has 0 N–H and O–H groups in total. The van der Waals surface area contributed by atoms with E-state index in [0.29, 0.717) is 17.1 Å². The highest BCUT2D eigenvalue weighted by Crippen LogP contribution is 2.47. The highest BCUT2D eigenvalue weighted by Gasteiger charge is 2.50. The van der Waals surface area contributed by atoms with E-state index >= 15 is 0 Å². The Morgan fingerprint density at radius 1 is 1.36 bits per heavy atom. The number of aromatic nitrogens is 1. The van der Waals surface area contributed by atoms with Gasteiger partial charge < -0.3 is 9.64 Å². The number of rotatable bonds is 1. The van der Waals surface area contributed by atoms with Gasteiger partial charge in [-0.05, 0) is 58.6 Å². The fourth-order valence-electron chi connectivity index (χ4n) is 3.86. The lowest BCUT2D eigenvalue weighted by Crippen LogP contribution is -2.40. The zero-order valence-corrected chi connectivity index (χ0v) is 14.4. The number of aryl methyl sites for hydroxylation is 1. The second-order valence-corrected chi connectivity index (χ2v) is 7.72. The Labute approximate surface area is 136 Å². The number of nitrogens with zero attached hydrogens (tertiary/aromatic N) is 2. The van der Waals surface area contributed by atoms with E-state index in [-0.39, 0.29) is 12.1 Å². The molecule has 0 saturated carbocycles. The highest BCUT2D eigenvalue weighted by atomic mass is 35.5. The minimum Gasteiger partial charge on any atom is -0.444 e. The fraction of sp³-hybridized carbons (Fsp3) is 0.647. The third-order valence-corrected chi connectivity index (χ3v) is 4.84. The van der Waals surface area contributed by atoms with E-state index < -0.39 is 5.60 Å². The van der Waals surface area contributed by atoms with Crippen molar-refractivity contribution in [2.75, 3.05) is 0 Å². The van der Waals surface area contributed by atoms with Gasteiger partial charge in [-0.25, -0.2) is 9.78 Å². The van der Waals surface area contributed by atoms with E-state index in [1.807, 2.05) is 38.7 Å². The van der Waals surface area contributed by atoms with Gasteiger partial charge >= 0.3 is 6.09 Å². The number of halogens is 1. The second-order valence-electron chi connectivity index (χ2n) is 7.34. The van der Waals surface area contributed by atoms with Crippen molar-refractivity contribution in [3.05, 3.63) is 28.5 Å². The van der Waals surface area contributed by atoms with Crippen LogP contribution in [0.4, 0.5) is 4.79 Å². The van der Waals surface area contributed by atoms with Crippen LogP contribution in [0.3, 0.4) is 0 Å². The van der Waals surface area contributed by atoms with Crippen LogP contribution >= 0.6 is 11.6 Å². The molecule has 5 heteroatoms. The summed E-state index contributed by atoms with van der Waals surface area (Å²) in [5.41, 5.74) is 1.73. The maximum absolute atomic E-state index is 12.5. The molecule has 1 aromatic heterocycles. The zero-order valence-electron chi connectivity index (χ0n) is 13.6. The predicted octanol–water partition coefficient (Wildman–Crippen LogP) is 4.30. The number of ether oxygens (including phenoxy) is 1.